The minimum absolute atomic E-state index is 0.129. The van der Waals surface area contributed by atoms with E-state index in [1.807, 2.05) is 0 Å². The fraction of sp³-hybridized carbons (Fsp3) is 0.600. The summed E-state index contributed by atoms with van der Waals surface area (Å²) in [5, 5.41) is 16.1. The van der Waals surface area contributed by atoms with Crippen LogP contribution in [0, 0.1) is 22.7 Å². The van der Waals surface area contributed by atoms with E-state index in [-0.39, 0.29) is 25.3 Å². The molecule has 0 saturated carbocycles. The Bertz CT molecular complexity index is 319. The molecule has 0 aromatic rings. The van der Waals surface area contributed by atoms with Crippen LogP contribution in [0.5, 0.6) is 0 Å². The molecule has 6 heteroatoms. The van der Waals surface area contributed by atoms with Gasteiger partial charge in [-0.2, -0.15) is 5.26 Å². The minimum atomic E-state index is -1.33. The summed E-state index contributed by atoms with van der Waals surface area (Å²) in [5.41, 5.74) is -0.306. The largest absolute Gasteiger partial charge is 0.466 e. The molecule has 1 N–H and O–H groups in total. The fourth-order valence-corrected chi connectivity index (χ4v) is 0.968. The Kier molecular flexibility index (Phi) is 6.52. The molecule has 0 saturated heterocycles. The number of nitrogens with one attached hydrogen (secondary N) is 1. The number of carbonyl (C=O) groups excluding carboxylic acids is 2. The molecule has 0 aromatic carbocycles. The molecule has 0 radical (unpaired) electrons. The molecule has 1 atom stereocenters. The van der Waals surface area contributed by atoms with Crippen molar-refractivity contribution >= 4 is 17.7 Å². The van der Waals surface area contributed by atoms with Gasteiger partial charge in [0.25, 0.3) is 0 Å². The van der Waals surface area contributed by atoms with Gasteiger partial charge >= 0.3 is 11.9 Å². The van der Waals surface area contributed by atoms with Crippen molar-refractivity contribution in [3.05, 3.63) is 0 Å². The Hall–Kier alpha value is -1.90. The third-order valence-corrected chi connectivity index (χ3v) is 1.64. The number of rotatable bonds is 6. The average Bonchev–Trinajstić information content (AvgIpc) is 2.19. The van der Waals surface area contributed by atoms with Crippen LogP contribution in [0.25, 0.3) is 0 Å². The third-order valence-electron chi connectivity index (χ3n) is 1.64. The predicted molar refractivity (Wildman–Crippen MR) is 54.7 cm³/mol. The van der Waals surface area contributed by atoms with E-state index in [9.17, 15) is 9.59 Å². The van der Waals surface area contributed by atoms with Crippen LogP contribution in [0.4, 0.5) is 0 Å². The highest BCUT2D eigenvalue weighted by atomic mass is 16.5. The molecular formula is C10H14N2O4. The van der Waals surface area contributed by atoms with E-state index >= 15 is 0 Å². The highest BCUT2D eigenvalue weighted by Crippen LogP contribution is 2.05. The summed E-state index contributed by atoms with van der Waals surface area (Å²) in [7, 11) is 0. The number of ether oxygens (including phenoxy) is 2. The number of hydrogen-bond donors (Lipinski definition) is 1. The van der Waals surface area contributed by atoms with E-state index in [4.69, 9.17) is 10.7 Å². The smallest absolute Gasteiger partial charge is 0.329 e. The number of hydrogen-bond acceptors (Lipinski definition) is 6. The van der Waals surface area contributed by atoms with Gasteiger partial charge in [0, 0.05) is 5.71 Å². The van der Waals surface area contributed by atoms with Gasteiger partial charge in [-0.15, -0.1) is 0 Å². The summed E-state index contributed by atoms with van der Waals surface area (Å²) in [4.78, 5) is 22.2. The second-order valence-corrected chi connectivity index (χ2v) is 2.82. The lowest BCUT2D eigenvalue weighted by Crippen LogP contribution is -2.26. The van der Waals surface area contributed by atoms with Crippen LogP contribution in [-0.4, -0.2) is 30.9 Å². The highest BCUT2D eigenvalue weighted by Gasteiger charge is 2.26. The number of nitriles is 1. The second-order valence-electron chi connectivity index (χ2n) is 2.82. The molecule has 6 nitrogen and oxygen atoms in total. The van der Waals surface area contributed by atoms with Crippen molar-refractivity contribution in [2.45, 2.75) is 20.3 Å². The van der Waals surface area contributed by atoms with Gasteiger partial charge in [-0.1, -0.05) is 0 Å². The lowest BCUT2D eigenvalue weighted by molar-refractivity contribution is -0.144. The minimum Gasteiger partial charge on any atom is -0.466 e. The molecule has 0 fully saturated rings. The molecule has 0 aliphatic carbocycles. The Morgan fingerprint density at radius 2 is 1.88 bits per heavy atom. The predicted octanol–water partition coefficient (Wildman–Crippen LogP) is 0.662. The fourth-order valence-electron chi connectivity index (χ4n) is 0.968. The Balaban J connectivity index is 4.38. The maximum absolute atomic E-state index is 11.2. The summed E-state index contributed by atoms with van der Waals surface area (Å²) in [6.45, 7) is 3.56. The van der Waals surface area contributed by atoms with E-state index in [0.29, 0.717) is 0 Å². The van der Waals surface area contributed by atoms with Gasteiger partial charge in [0.1, 0.15) is 0 Å². The van der Waals surface area contributed by atoms with Crippen LogP contribution >= 0.6 is 0 Å². The Morgan fingerprint density at radius 3 is 2.31 bits per heavy atom. The van der Waals surface area contributed by atoms with Crippen molar-refractivity contribution in [1.82, 2.24) is 0 Å². The molecule has 0 amide bonds. The van der Waals surface area contributed by atoms with Crippen LogP contribution in [0.3, 0.4) is 0 Å². The van der Waals surface area contributed by atoms with Crippen LogP contribution in [0.2, 0.25) is 0 Å². The lowest BCUT2D eigenvalue weighted by Gasteiger charge is -2.09. The molecule has 0 spiro atoms. The van der Waals surface area contributed by atoms with Crippen molar-refractivity contribution in [2.75, 3.05) is 13.2 Å². The average molecular weight is 226 g/mol. The van der Waals surface area contributed by atoms with Gasteiger partial charge in [0.15, 0.2) is 5.92 Å². The molecule has 88 valence electrons. The van der Waals surface area contributed by atoms with Crippen molar-refractivity contribution in [3.63, 3.8) is 0 Å². The van der Waals surface area contributed by atoms with E-state index in [1.54, 1.807) is 19.9 Å². The number of nitrogens with zero attached hydrogens (tertiary/aromatic N) is 1. The molecule has 0 aliphatic rings. The number of carbonyl (C=O) groups is 2. The normalized spacial score (nSPS) is 11.1. The van der Waals surface area contributed by atoms with Gasteiger partial charge in [0.05, 0.1) is 25.7 Å². The zero-order valence-electron chi connectivity index (χ0n) is 9.28. The Labute approximate surface area is 93.7 Å². The summed E-state index contributed by atoms with van der Waals surface area (Å²) in [6, 6.07) is 1.63. The third kappa shape index (κ3) is 4.55. The molecule has 1 unspecified atom stereocenters. The van der Waals surface area contributed by atoms with E-state index in [0.717, 1.165) is 0 Å². The van der Waals surface area contributed by atoms with E-state index < -0.39 is 17.9 Å². The van der Waals surface area contributed by atoms with Crippen LogP contribution < -0.4 is 0 Å². The summed E-state index contributed by atoms with van der Waals surface area (Å²) in [6.07, 6.45) is -0.370. The van der Waals surface area contributed by atoms with Crippen LogP contribution in [0.1, 0.15) is 20.3 Å². The van der Waals surface area contributed by atoms with Gasteiger partial charge in [-0.05, 0) is 13.8 Å². The summed E-state index contributed by atoms with van der Waals surface area (Å²) >= 11 is 0. The summed E-state index contributed by atoms with van der Waals surface area (Å²) < 4.78 is 9.21. The van der Waals surface area contributed by atoms with E-state index in [1.165, 1.54) is 0 Å². The summed E-state index contributed by atoms with van der Waals surface area (Å²) in [5.74, 6) is -2.76. The molecule has 0 rings (SSSR count). The number of esters is 2. The van der Waals surface area contributed by atoms with Crippen molar-refractivity contribution < 1.29 is 19.1 Å². The monoisotopic (exact) mass is 226 g/mol. The van der Waals surface area contributed by atoms with Gasteiger partial charge in [-0.25, -0.2) is 0 Å². The standard InChI is InChI=1S/C10H14N2O4/c1-3-15-9(13)5-8(12)7(6-11)10(14)16-4-2/h7,12H,3-5H2,1-2H3. The van der Waals surface area contributed by atoms with Crippen molar-refractivity contribution in [2.24, 2.45) is 5.92 Å². The first-order chi connectivity index (χ1) is 7.56. The van der Waals surface area contributed by atoms with Crippen molar-refractivity contribution in [3.8, 4) is 6.07 Å². The molecule has 0 aliphatic heterocycles. The zero-order chi connectivity index (χ0) is 12.6. The first-order valence-electron chi connectivity index (χ1n) is 4.85. The maximum Gasteiger partial charge on any atom is 0.329 e. The second kappa shape index (κ2) is 7.40. The first-order valence-corrected chi connectivity index (χ1v) is 4.85. The van der Waals surface area contributed by atoms with Gasteiger partial charge in [-0.3, -0.25) is 9.59 Å². The highest BCUT2D eigenvalue weighted by molar-refractivity contribution is 6.09. The first kappa shape index (κ1) is 14.1. The topological polar surface area (TPSA) is 100 Å². The maximum atomic E-state index is 11.2. The molecule has 0 bridgehead atoms. The molecule has 16 heavy (non-hydrogen) atoms. The SMILES string of the molecule is CCOC(=O)CC(=N)C(C#N)C(=O)OCC. The lowest BCUT2D eigenvalue weighted by atomic mass is 10.0. The van der Waals surface area contributed by atoms with Crippen LogP contribution in [0.15, 0.2) is 0 Å². The van der Waals surface area contributed by atoms with Crippen molar-refractivity contribution in [1.29, 1.82) is 10.7 Å². The quantitative estimate of drug-likeness (QED) is 0.529. The molecule has 0 heterocycles. The van der Waals surface area contributed by atoms with Crippen LogP contribution in [-0.2, 0) is 19.1 Å². The molecule has 0 aromatic heterocycles. The zero-order valence-corrected chi connectivity index (χ0v) is 9.28. The Morgan fingerprint density at radius 1 is 1.31 bits per heavy atom. The molecular weight excluding hydrogens is 212 g/mol. The van der Waals surface area contributed by atoms with Gasteiger partial charge in [0.2, 0.25) is 0 Å². The van der Waals surface area contributed by atoms with E-state index in [2.05, 4.69) is 9.47 Å². The van der Waals surface area contributed by atoms with Gasteiger partial charge < -0.3 is 14.9 Å².